The van der Waals surface area contributed by atoms with Crippen molar-refractivity contribution >= 4 is 40.9 Å². The second kappa shape index (κ2) is 9.04. The van der Waals surface area contributed by atoms with E-state index in [4.69, 9.17) is 4.74 Å². The molecule has 2 aromatic heterocycles. The number of aromatic nitrogens is 1. The molecule has 0 fully saturated rings. The number of hydrogen-bond acceptors (Lipinski definition) is 1. The van der Waals surface area contributed by atoms with Crippen LogP contribution in [0.15, 0.2) is 97.3 Å². The topological polar surface area (TPSA) is 13.3 Å². The van der Waals surface area contributed by atoms with Crippen molar-refractivity contribution in [3.63, 3.8) is 0 Å². The van der Waals surface area contributed by atoms with Gasteiger partial charge in [0.15, 0.2) is 12.4 Å². The summed E-state index contributed by atoms with van der Waals surface area (Å²) in [6, 6.07) is 30.8. The predicted molar refractivity (Wildman–Crippen MR) is 155 cm³/mol. The van der Waals surface area contributed by atoms with Gasteiger partial charge in [0, 0.05) is 33.6 Å². The van der Waals surface area contributed by atoms with Crippen LogP contribution in [0.5, 0.6) is 5.75 Å². The van der Waals surface area contributed by atoms with Crippen LogP contribution in [0, 0.1) is 13.8 Å². The van der Waals surface area contributed by atoms with E-state index >= 15 is 0 Å². The Morgan fingerprint density at radius 3 is 2.17 bits per heavy atom. The Labute approximate surface area is 214 Å². The number of ether oxygens (including phenoxy) is 1. The van der Waals surface area contributed by atoms with Gasteiger partial charge in [-0.2, -0.15) is 4.40 Å². The SMILES string of the molecule is COc1ccc2c(cc[n+]3cc4cc(C)c(C)c(-c5ccc(-c6ccccc6)cc5)c4cc23)c1PC. The molecular weight excluding hydrogens is 457 g/mol. The summed E-state index contributed by atoms with van der Waals surface area (Å²) in [4.78, 5) is 0. The summed E-state index contributed by atoms with van der Waals surface area (Å²) in [7, 11) is 2.42. The van der Waals surface area contributed by atoms with E-state index in [0.29, 0.717) is 8.58 Å². The van der Waals surface area contributed by atoms with Crippen molar-refractivity contribution in [2.24, 2.45) is 0 Å². The third-order valence-electron chi connectivity index (χ3n) is 7.39. The van der Waals surface area contributed by atoms with Crippen LogP contribution in [0.1, 0.15) is 11.1 Å². The molecule has 2 nitrogen and oxygen atoms in total. The minimum absolute atomic E-state index is 0.666. The Bertz CT molecular complexity index is 1760. The van der Waals surface area contributed by atoms with E-state index in [0.717, 1.165) is 5.75 Å². The van der Waals surface area contributed by atoms with Crippen molar-refractivity contribution in [2.75, 3.05) is 13.8 Å². The summed E-state index contributed by atoms with van der Waals surface area (Å²) in [6.45, 7) is 6.68. The average molecular weight is 487 g/mol. The molecule has 3 heteroatoms. The van der Waals surface area contributed by atoms with Gasteiger partial charge in [0.05, 0.1) is 12.5 Å². The molecule has 0 aliphatic carbocycles. The standard InChI is InChI=1S/C33H29NOP/c1-21-18-26-20-34-17-16-28-27(14-15-31(35-3)33(28)36-4)30(34)19-29(26)32(22(21)2)25-12-10-24(11-13-25)23-8-6-5-7-9-23/h5-20,36H,1-4H3/q+1. The van der Waals surface area contributed by atoms with Gasteiger partial charge in [-0.25, -0.2) is 0 Å². The molecule has 0 N–H and O–H groups in total. The van der Waals surface area contributed by atoms with Gasteiger partial charge in [-0.05, 0) is 72.1 Å². The number of fused-ring (bicyclic) bond motifs is 4. The Kier molecular flexibility index (Phi) is 5.70. The molecule has 1 unspecified atom stereocenters. The van der Waals surface area contributed by atoms with Gasteiger partial charge in [-0.15, -0.1) is 0 Å². The normalized spacial score (nSPS) is 11.8. The third kappa shape index (κ3) is 3.65. The molecule has 1 atom stereocenters. The lowest BCUT2D eigenvalue weighted by molar-refractivity contribution is -0.509. The van der Waals surface area contributed by atoms with Crippen molar-refractivity contribution < 1.29 is 9.14 Å². The molecule has 0 aliphatic heterocycles. The Balaban J connectivity index is 1.61. The molecule has 0 radical (unpaired) electrons. The molecule has 0 amide bonds. The maximum Gasteiger partial charge on any atom is 0.219 e. The lowest BCUT2D eigenvalue weighted by Gasteiger charge is -2.15. The van der Waals surface area contributed by atoms with E-state index in [1.54, 1.807) is 7.11 Å². The van der Waals surface area contributed by atoms with E-state index in [1.807, 2.05) is 0 Å². The van der Waals surface area contributed by atoms with E-state index in [-0.39, 0.29) is 0 Å². The summed E-state index contributed by atoms with van der Waals surface area (Å²) in [5.41, 5.74) is 8.90. The lowest BCUT2D eigenvalue weighted by Crippen LogP contribution is -2.21. The number of aryl methyl sites for hydroxylation is 1. The highest BCUT2D eigenvalue weighted by Gasteiger charge is 2.18. The maximum atomic E-state index is 5.67. The number of methoxy groups -OCH3 is 1. The molecule has 176 valence electrons. The van der Waals surface area contributed by atoms with E-state index in [1.165, 1.54) is 65.7 Å². The first-order chi connectivity index (χ1) is 17.6. The van der Waals surface area contributed by atoms with Gasteiger partial charge in [0.25, 0.3) is 0 Å². The number of rotatable bonds is 4. The molecule has 4 aromatic carbocycles. The summed E-state index contributed by atoms with van der Waals surface area (Å²) < 4.78 is 7.93. The van der Waals surface area contributed by atoms with Gasteiger partial charge in [0.1, 0.15) is 5.75 Å². The first kappa shape index (κ1) is 22.7. The van der Waals surface area contributed by atoms with E-state index in [9.17, 15) is 0 Å². The van der Waals surface area contributed by atoms with Crippen molar-refractivity contribution in [1.82, 2.24) is 0 Å². The smallest absolute Gasteiger partial charge is 0.219 e. The minimum Gasteiger partial charge on any atom is -0.496 e. The molecule has 0 aliphatic rings. The molecular formula is C33H29NOP+. The van der Waals surface area contributed by atoms with Gasteiger partial charge < -0.3 is 4.74 Å². The van der Waals surface area contributed by atoms with Crippen molar-refractivity contribution in [2.45, 2.75) is 13.8 Å². The monoisotopic (exact) mass is 486 g/mol. The average Bonchev–Trinajstić information content (AvgIpc) is 2.92. The summed E-state index contributed by atoms with van der Waals surface area (Å²) in [5, 5.41) is 6.35. The van der Waals surface area contributed by atoms with Crippen LogP contribution in [-0.4, -0.2) is 13.8 Å². The van der Waals surface area contributed by atoms with Crippen LogP contribution in [0.25, 0.3) is 49.3 Å². The quantitative estimate of drug-likeness (QED) is 0.108. The molecule has 6 aromatic rings. The Morgan fingerprint density at radius 1 is 0.722 bits per heavy atom. The predicted octanol–water partition coefficient (Wildman–Crippen LogP) is 7.62. The minimum atomic E-state index is 0.666. The summed E-state index contributed by atoms with van der Waals surface area (Å²) >= 11 is 0. The van der Waals surface area contributed by atoms with Crippen LogP contribution >= 0.6 is 8.58 Å². The zero-order valence-corrected chi connectivity index (χ0v) is 22.1. The van der Waals surface area contributed by atoms with Crippen LogP contribution in [0.4, 0.5) is 0 Å². The molecule has 0 spiro atoms. The van der Waals surface area contributed by atoms with Crippen LogP contribution in [-0.2, 0) is 0 Å². The zero-order chi connectivity index (χ0) is 24.8. The Morgan fingerprint density at radius 2 is 1.44 bits per heavy atom. The maximum absolute atomic E-state index is 5.67. The second-order valence-corrected chi connectivity index (χ2v) is 10.4. The zero-order valence-electron chi connectivity index (χ0n) is 21.1. The lowest BCUT2D eigenvalue weighted by atomic mass is 9.90. The van der Waals surface area contributed by atoms with Crippen molar-refractivity contribution in [3.05, 3.63) is 108 Å². The number of benzene rings is 4. The number of nitrogens with zero attached hydrogens (tertiary/aromatic N) is 1. The highest BCUT2D eigenvalue weighted by atomic mass is 31.1. The molecule has 0 saturated heterocycles. The first-order valence-electron chi connectivity index (χ1n) is 12.3. The number of hydrogen-bond donors (Lipinski definition) is 0. The van der Waals surface area contributed by atoms with Crippen LogP contribution < -0.4 is 14.4 Å². The molecule has 0 saturated carbocycles. The highest BCUT2D eigenvalue weighted by molar-refractivity contribution is 7.47. The van der Waals surface area contributed by atoms with Gasteiger partial charge in [-0.3, -0.25) is 0 Å². The van der Waals surface area contributed by atoms with Crippen molar-refractivity contribution in [3.8, 4) is 28.0 Å². The van der Waals surface area contributed by atoms with Gasteiger partial charge in [-0.1, -0.05) is 63.2 Å². The molecule has 2 heterocycles. The molecule has 0 bridgehead atoms. The van der Waals surface area contributed by atoms with Crippen LogP contribution in [0.2, 0.25) is 0 Å². The van der Waals surface area contributed by atoms with Gasteiger partial charge in [0.2, 0.25) is 5.52 Å². The highest BCUT2D eigenvalue weighted by Crippen LogP contribution is 2.36. The number of pyridine rings is 2. The largest absolute Gasteiger partial charge is 0.496 e. The van der Waals surface area contributed by atoms with Crippen molar-refractivity contribution in [1.29, 1.82) is 0 Å². The van der Waals surface area contributed by atoms with Crippen LogP contribution in [0.3, 0.4) is 0 Å². The summed E-state index contributed by atoms with van der Waals surface area (Å²) in [5.74, 6) is 0.971. The fraction of sp³-hybridized carbons (Fsp3) is 0.121. The fourth-order valence-electron chi connectivity index (χ4n) is 5.41. The third-order valence-corrected chi connectivity index (χ3v) is 8.41. The second-order valence-electron chi connectivity index (χ2n) is 9.38. The fourth-order valence-corrected chi connectivity index (χ4v) is 6.33. The van der Waals surface area contributed by atoms with Gasteiger partial charge >= 0.3 is 0 Å². The Hall–Kier alpha value is -3.74. The molecule has 36 heavy (non-hydrogen) atoms. The summed E-state index contributed by atoms with van der Waals surface area (Å²) in [6.07, 6.45) is 4.46. The van der Waals surface area contributed by atoms with E-state index in [2.05, 4.69) is 122 Å². The van der Waals surface area contributed by atoms with E-state index < -0.39 is 0 Å². The molecule has 6 rings (SSSR count). The first-order valence-corrected chi connectivity index (χ1v) is 13.8.